The van der Waals surface area contributed by atoms with Crippen molar-refractivity contribution in [3.8, 4) is 0 Å². The number of anilines is 1. The molecule has 2 aromatic rings. The summed E-state index contributed by atoms with van der Waals surface area (Å²) < 4.78 is 0. The Kier molecular flexibility index (Phi) is 3.75. The topological polar surface area (TPSA) is 69.2 Å². The summed E-state index contributed by atoms with van der Waals surface area (Å²) in [6.45, 7) is 4.10. The first-order valence-electron chi connectivity index (χ1n) is 7.33. The van der Waals surface area contributed by atoms with E-state index in [0.29, 0.717) is 0 Å². The number of rotatable bonds is 2. The Morgan fingerprint density at radius 1 is 1.19 bits per heavy atom. The minimum absolute atomic E-state index is 0.0989. The first kappa shape index (κ1) is 13.8. The summed E-state index contributed by atoms with van der Waals surface area (Å²) in [5, 5.41) is 8.77. The maximum absolute atomic E-state index is 7.83. The van der Waals surface area contributed by atoms with Gasteiger partial charge in [-0.25, -0.2) is 4.98 Å². The van der Waals surface area contributed by atoms with Crippen LogP contribution >= 0.6 is 0 Å². The van der Waals surface area contributed by atoms with E-state index >= 15 is 0 Å². The average Bonchev–Trinajstić information content (AvgIpc) is 2.70. The number of nitrogens with zero attached hydrogens (tertiary/aromatic N) is 3. The number of nitrogen functional groups attached to an aromatic ring is 1. The molecule has 1 fully saturated rings. The van der Waals surface area contributed by atoms with Crippen molar-refractivity contribution in [2.75, 3.05) is 38.1 Å². The van der Waals surface area contributed by atoms with Crippen LogP contribution in [0.25, 0.3) is 10.9 Å². The summed E-state index contributed by atoms with van der Waals surface area (Å²) in [4.78, 5) is 9.40. The van der Waals surface area contributed by atoms with Gasteiger partial charge in [-0.1, -0.05) is 18.2 Å². The number of nitrogens with two attached hydrogens (primary N) is 1. The fourth-order valence-electron chi connectivity index (χ4n) is 2.82. The second-order valence-corrected chi connectivity index (χ2v) is 5.60. The van der Waals surface area contributed by atoms with Crippen LogP contribution < -0.4 is 10.6 Å². The number of benzene rings is 1. The van der Waals surface area contributed by atoms with Crippen molar-refractivity contribution >= 4 is 22.6 Å². The predicted molar refractivity (Wildman–Crippen MR) is 87.1 cm³/mol. The van der Waals surface area contributed by atoms with Crippen molar-refractivity contribution in [3.05, 3.63) is 35.9 Å². The summed E-state index contributed by atoms with van der Waals surface area (Å²) in [7, 11) is 2.15. The molecule has 0 spiro atoms. The molecule has 1 saturated heterocycles. The molecule has 1 aromatic heterocycles. The lowest BCUT2D eigenvalue weighted by atomic mass is 10.1. The Balaban J connectivity index is 2.04. The molecule has 0 radical (unpaired) electrons. The van der Waals surface area contributed by atoms with Gasteiger partial charge in [-0.3, -0.25) is 5.41 Å². The van der Waals surface area contributed by atoms with Crippen LogP contribution in [0.5, 0.6) is 0 Å². The van der Waals surface area contributed by atoms with Gasteiger partial charge in [0.05, 0.1) is 5.52 Å². The molecule has 21 heavy (non-hydrogen) atoms. The number of pyridine rings is 1. The summed E-state index contributed by atoms with van der Waals surface area (Å²) >= 11 is 0. The van der Waals surface area contributed by atoms with Crippen LogP contribution in [-0.4, -0.2) is 48.9 Å². The quantitative estimate of drug-likeness (QED) is 0.649. The zero-order valence-electron chi connectivity index (χ0n) is 12.3. The van der Waals surface area contributed by atoms with Gasteiger partial charge >= 0.3 is 0 Å². The maximum Gasteiger partial charge on any atom is 0.130 e. The monoisotopic (exact) mass is 283 g/mol. The predicted octanol–water partition coefficient (Wildman–Crippen LogP) is 1.66. The first-order valence-corrected chi connectivity index (χ1v) is 7.33. The Bertz CT molecular complexity index is 667. The van der Waals surface area contributed by atoms with Gasteiger partial charge in [-0.15, -0.1) is 0 Å². The van der Waals surface area contributed by atoms with Crippen molar-refractivity contribution in [2.24, 2.45) is 5.73 Å². The number of nitrogens with one attached hydrogen (secondary N) is 1. The Morgan fingerprint density at radius 2 is 2.00 bits per heavy atom. The second-order valence-electron chi connectivity index (χ2n) is 5.60. The van der Waals surface area contributed by atoms with Crippen molar-refractivity contribution in [1.29, 1.82) is 5.41 Å². The average molecular weight is 283 g/mol. The van der Waals surface area contributed by atoms with Crippen LogP contribution in [0, 0.1) is 5.41 Å². The number of aromatic nitrogens is 1. The van der Waals surface area contributed by atoms with E-state index in [-0.39, 0.29) is 5.84 Å². The lowest BCUT2D eigenvalue weighted by Gasteiger charge is -2.23. The van der Waals surface area contributed by atoms with Crippen LogP contribution in [0.2, 0.25) is 0 Å². The van der Waals surface area contributed by atoms with E-state index in [4.69, 9.17) is 16.1 Å². The highest BCUT2D eigenvalue weighted by Crippen LogP contribution is 2.23. The molecule has 0 saturated carbocycles. The largest absolute Gasteiger partial charge is 0.384 e. The number of amidine groups is 1. The Morgan fingerprint density at radius 3 is 2.81 bits per heavy atom. The van der Waals surface area contributed by atoms with Gasteiger partial charge in [0.25, 0.3) is 0 Å². The lowest BCUT2D eigenvalue weighted by Crippen LogP contribution is -2.29. The Hall–Kier alpha value is -2.14. The van der Waals surface area contributed by atoms with E-state index in [9.17, 15) is 0 Å². The van der Waals surface area contributed by atoms with Crippen LogP contribution in [0.15, 0.2) is 30.3 Å². The van der Waals surface area contributed by atoms with Crippen molar-refractivity contribution in [1.82, 2.24) is 9.88 Å². The van der Waals surface area contributed by atoms with Crippen LogP contribution in [-0.2, 0) is 0 Å². The van der Waals surface area contributed by atoms with Gasteiger partial charge in [-0.05, 0) is 32.1 Å². The second kappa shape index (κ2) is 5.69. The number of likely N-dealkylation sites (N-methyl/N-ethyl adjacent to an activating group) is 1. The van der Waals surface area contributed by atoms with Gasteiger partial charge < -0.3 is 15.5 Å². The third kappa shape index (κ3) is 2.83. The van der Waals surface area contributed by atoms with E-state index in [0.717, 1.165) is 54.9 Å². The molecule has 1 aromatic carbocycles. The molecule has 1 aliphatic heterocycles. The molecule has 0 bridgehead atoms. The fraction of sp³-hybridized carbons (Fsp3) is 0.375. The van der Waals surface area contributed by atoms with Gasteiger partial charge in [0.15, 0.2) is 0 Å². The molecular formula is C16H21N5. The summed E-state index contributed by atoms with van der Waals surface area (Å²) in [6.07, 6.45) is 1.13. The number of fused-ring (bicyclic) bond motifs is 1. The maximum atomic E-state index is 7.83. The van der Waals surface area contributed by atoms with Crippen molar-refractivity contribution < 1.29 is 0 Å². The standard InChI is InChI=1S/C16H21N5/c1-20-7-4-8-21(10-9-20)15-11-13(16(17)18)12-5-2-3-6-14(12)19-15/h2-3,5-6,11H,4,7-10H2,1H3,(H3,17,18). The van der Waals surface area contributed by atoms with Gasteiger partial charge in [0.2, 0.25) is 0 Å². The van der Waals surface area contributed by atoms with Gasteiger partial charge in [0, 0.05) is 30.6 Å². The van der Waals surface area contributed by atoms with Gasteiger partial charge in [0.1, 0.15) is 11.7 Å². The third-order valence-corrected chi connectivity index (χ3v) is 4.04. The molecule has 2 heterocycles. The summed E-state index contributed by atoms with van der Waals surface area (Å²) in [6, 6.07) is 9.83. The lowest BCUT2D eigenvalue weighted by molar-refractivity contribution is 0.360. The SMILES string of the molecule is CN1CCCN(c2cc(C(=N)N)c3ccccc3n2)CC1. The van der Waals surface area contributed by atoms with E-state index in [1.165, 1.54) is 0 Å². The zero-order valence-corrected chi connectivity index (χ0v) is 12.3. The van der Waals surface area contributed by atoms with E-state index in [2.05, 4.69) is 16.8 Å². The van der Waals surface area contributed by atoms with Gasteiger partial charge in [-0.2, -0.15) is 0 Å². The zero-order chi connectivity index (χ0) is 14.8. The third-order valence-electron chi connectivity index (χ3n) is 4.04. The highest BCUT2D eigenvalue weighted by molar-refractivity contribution is 6.07. The first-order chi connectivity index (χ1) is 10.1. The molecule has 0 amide bonds. The molecule has 5 nitrogen and oxygen atoms in total. The molecule has 3 rings (SSSR count). The van der Waals surface area contributed by atoms with Crippen LogP contribution in [0.3, 0.4) is 0 Å². The fourth-order valence-corrected chi connectivity index (χ4v) is 2.82. The molecule has 0 unspecified atom stereocenters. The molecule has 0 aliphatic carbocycles. The minimum Gasteiger partial charge on any atom is -0.384 e. The Labute approximate surface area is 124 Å². The highest BCUT2D eigenvalue weighted by Gasteiger charge is 2.16. The smallest absolute Gasteiger partial charge is 0.130 e. The summed E-state index contributed by atoms with van der Waals surface area (Å²) in [5.74, 6) is 1.02. The van der Waals surface area contributed by atoms with Crippen LogP contribution in [0.1, 0.15) is 12.0 Å². The molecule has 3 N–H and O–H groups in total. The van der Waals surface area contributed by atoms with Crippen molar-refractivity contribution in [3.63, 3.8) is 0 Å². The minimum atomic E-state index is 0.0989. The van der Waals surface area contributed by atoms with Crippen LogP contribution in [0.4, 0.5) is 5.82 Å². The highest BCUT2D eigenvalue weighted by atomic mass is 15.2. The number of para-hydroxylation sites is 1. The number of hydrogen-bond acceptors (Lipinski definition) is 4. The normalized spacial score (nSPS) is 16.9. The van der Waals surface area contributed by atoms with E-state index < -0.39 is 0 Å². The molecule has 0 atom stereocenters. The molecule has 110 valence electrons. The molecule has 5 heteroatoms. The summed E-state index contributed by atoms with van der Waals surface area (Å²) in [5.41, 5.74) is 7.43. The molecule has 1 aliphatic rings. The van der Waals surface area contributed by atoms with E-state index in [1.807, 2.05) is 30.3 Å². The van der Waals surface area contributed by atoms with E-state index in [1.54, 1.807) is 0 Å². The van der Waals surface area contributed by atoms with Crippen molar-refractivity contribution in [2.45, 2.75) is 6.42 Å². The number of hydrogen-bond donors (Lipinski definition) is 2. The molecular weight excluding hydrogens is 262 g/mol.